The van der Waals surface area contributed by atoms with Crippen molar-refractivity contribution in [2.45, 2.75) is 12.2 Å². The van der Waals surface area contributed by atoms with Gasteiger partial charge in [-0.1, -0.05) is 0 Å². The molecule has 0 bridgehead atoms. The van der Waals surface area contributed by atoms with E-state index >= 15 is 0 Å². The van der Waals surface area contributed by atoms with Crippen molar-refractivity contribution in [1.82, 2.24) is 0 Å². The van der Waals surface area contributed by atoms with Gasteiger partial charge in [0.2, 0.25) is 6.29 Å². The third-order valence-electron chi connectivity index (χ3n) is 5.58. The second-order valence-corrected chi connectivity index (χ2v) is 7.21. The maximum absolute atomic E-state index is 12.9. The van der Waals surface area contributed by atoms with Crippen molar-refractivity contribution in [1.29, 1.82) is 0 Å². The fraction of sp³-hybridized carbons (Fsp3) is 0.217. The molecule has 4 aromatic rings. The van der Waals surface area contributed by atoms with Crippen LogP contribution in [-0.4, -0.2) is 32.7 Å². The van der Waals surface area contributed by atoms with E-state index in [1.54, 1.807) is 24.3 Å². The third-order valence-corrected chi connectivity index (χ3v) is 5.58. The Bertz CT molecular complexity index is 1480. The van der Waals surface area contributed by atoms with Gasteiger partial charge in [0.1, 0.15) is 34.2 Å². The molecule has 2 aromatic carbocycles. The molecule has 3 heterocycles. The normalized spacial score (nSPS) is 17.3. The Balaban J connectivity index is 1.82. The number of hydrogen-bond acceptors (Lipinski definition) is 9. The van der Waals surface area contributed by atoms with E-state index in [0.717, 1.165) is 0 Å². The van der Waals surface area contributed by atoms with Crippen LogP contribution < -0.4 is 25.5 Å². The van der Waals surface area contributed by atoms with E-state index in [4.69, 9.17) is 27.8 Å². The van der Waals surface area contributed by atoms with Gasteiger partial charge in [-0.2, -0.15) is 0 Å². The molecule has 1 N–H and O–H groups in total. The van der Waals surface area contributed by atoms with Gasteiger partial charge in [-0.3, -0.25) is 0 Å². The molecule has 0 radical (unpaired) electrons. The molecule has 5 rings (SSSR count). The Morgan fingerprint density at radius 2 is 1.38 bits per heavy atom. The van der Waals surface area contributed by atoms with Crippen molar-refractivity contribution in [3.05, 3.63) is 68.4 Å². The Labute approximate surface area is 180 Å². The minimum Gasteiger partial charge on any atom is -0.507 e. The molecule has 0 fully saturated rings. The van der Waals surface area contributed by atoms with Crippen molar-refractivity contribution in [3.63, 3.8) is 0 Å². The molecule has 1 aliphatic rings. The van der Waals surface area contributed by atoms with E-state index in [0.29, 0.717) is 16.9 Å². The SMILES string of the molecule is COc1ccc2oc(=O)c(C3c4c(c5cc(OC)ccc5oc4=O)OC3OC)c(O)c2c1. The van der Waals surface area contributed by atoms with Crippen molar-refractivity contribution in [2.24, 2.45) is 0 Å². The summed E-state index contributed by atoms with van der Waals surface area (Å²) in [6, 6.07) is 9.53. The van der Waals surface area contributed by atoms with Gasteiger partial charge in [0, 0.05) is 7.11 Å². The largest absolute Gasteiger partial charge is 0.507 e. The van der Waals surface area contributed by atoms with E-state index in [2.05, 4.69) is 0 Å². The van der Waals surface area contributed by atoms with Crippen molar-refractivity contribution in [2.75, 3.05) is 21.3 Å². The first-order valence-corrected chi connectivity index (χ1v) is 9.64. The van der Waals surface area contributed by atoms with Crippen molar-refractivity contribution < 1.29 is 32.9 Å². The topological polar surface area (TPSA) is 118 Å². The maximum Gasteiger partial charge on any atom is 0.344 e. The van der Waals surface area contributed by atoms with Crippen LogP contribution in [0.15, 0.2) is 54.8 Å². The molecule has 2 atom stereocenters. The van der Waals surface area contributed by atoms with Crippen LogP contribution in [0.5, 0.6) is 23.0 Å². The lowest BCUT2D eigenvalue weighted by atomic mass is 9.92. The number of methoxy groups -OCH3 is 3. The highest BCUT2D eigenvalue weighted by atomic mass is 16.7. The summed E-state index contributed by atoms with van der Waals surface area (Å²) < 4.78 is 32.7. The summed E-state index contributed by atoms with van der Waals surface area (Å²) in [5.74, 6) is -0.277. The molecule has 9 nitrogen and oxygen atoms in total. The van der Waals surface area contributed by atoms with E-state index in [1.807, 2.05) is 0 Å². The number of benzene rings is 2. The summed E-state index contributed by atoms with van der Waals surface area (Å²) in [5.41, 5.74) is -1.22. The van der Waals surface area contributed by atoms with Gasteiger partial charge < -0.3 is 32.9 Å². The molecule has 1 aliphatic heterocycles. The molecule has 0 saturated heterocycles. The highest BCUT2D eigenvalue weighted by Gasteiger charge is 2.44. The molecule has 164 valence electrons. The van der Waals surface area contributed by atoms with Crippen LogP contribution in [0.1, 0.15) is 17.0 Å². The summed E-state index contributed by atoms with van der Waals surface area (Å²) in [6.07, 6.45) is -1.08. The van der Waals surface area contributed by atoms with Crippen molar-refractivity contribution >= 4 is 21.9 Å². The Morgan fingerprint density at radius 3 is 1.97 bits per heavy atom. The van der Waals surface area contributed by atoms with Gasteiger partial charge in [-0.05, 0) is 36.4 Å². The Kier molecular flexibility index (Phi) is 4.56. The lowest BCUT2D eigenvalue weighted by Crippen LogP contribution is -2.28. The molecule has 0 aliphatic carbocycles. The smallest absolute Gasteiger partial charge is 0.344 e. The quantitative estimate of drug-likeness (QED) is 0.480. The molecule has 0 spiro atoms. The predicted octanol–water partition coefficient (Wildman–Crippen LogP) is 3.12. The van der Waals surface area contributed by atoms with E-state index in [9.17, 15) is 14.7 Å². The van der Waals surface area contributed by atoms with Crippen LogP contribution in [0.2, 0.25) is 0 Å². The van der Waals surface area contributed by atoms with E-state index < -0.39 is 23.5 Å². The fourth-order valence-electron chi connectivity index (χ4n) is 4.06. The van der Waals surface area contributed by atoms with Gasteiger partial charge in [0.05, 0.1) is 42.0 Å². The van der Waals surface area contributed by atoms with Gasteiger partial charge in [-0.15, -0.1) is 0 Å². The predicted molar refractivity (Wildman–Crippen MR) is 113 cm³/mol. The summed E-state index contributed by atoms with van der Waals surface area (Å²) in [7, 11) is 4.36. The average Bonchev–Trinajstić information content (AvgIpc) is 3.19. The maximum atomic E-state index is 12.9. The number of fused-ring (bicyclic) bond motifs is 4. The summed E-state index contributed by atoms with van der Waals surface area (Å²) >= 11 is 0. The first-order chi connectivity index (χ1) is 15.5. The Morgan fingerprint density at radius 1 is 0.812 bits per heavy atom. The van der Waals surface area contributed by atoms with Crippen LogP contribution in [0.4, 0.5) is 0 Å². The number of aromatic hydroxyl groups is 1. The van der Waals surface area contributed by atoms with Crippen LogP contribution >= 0.6 is 0 Å². The molecular weight excluding hydrogens is 420 g/mol. The summed E-state index contributed by atoms with van der Waals surface area (Å²) in [4.78, 5) is 25.9. The molecule has 0 amide bonds. The average molecular weight is 438 g/mol. The van der Waals surface area contributed by atoms with Gasteiger partial charge in [0.15, 0.2) is 0 Å². The highest BCUT2D eigenvalue weighted by Crippen LogP contribution is 2.47. The van der Waals surface area contributed by atoms with E-state index in [1.165, 1.54) is 33.5 Å². The zero-order valence-corrected chi connectivity index (χ0v) is 17.3. The first kappa shape index (κ1) is 20.0. The molecular formula is C23H18O9. The van der Waals surface area contributed by atoms with Crippen LogP contribution in [0.25, 0.3) is 21.9 Å². The lowest BCUT2D eigenvalue weighted by Gasteiger charge is -2.17. The third kappa shape index (κ3) is 2.82. The van der Waals surface area contributed by atoms with Gasteiger partial charge in [0.25, 0.3) is 0 Å². The fourth-order valence-corrected chi connectivity index (χ4v) is 4.06. The molecule has 2 unspecified atom stereocenters. The Hall–Kier alpha value is -3.98. The second-order valence-electron chi connectivity index (χ2n) is 7.21. The summed E-state index contributed by atoms with van der Waals surface area (Å²) in [5, 5.41) is 11.8. The van der Waals surface area contributed by atoms with Gasteiger partial charge in [-0.25, -0.2) is 9.59 Å². The molecule has 0 saturated carbocycles. The molecule has 2 aromatic heterocycles. The first-order valence-electron chi connectivity index (χ1n) is 9.64. The summed E-state index contributed by atoms with van der Waals surface area (Å²) in [6.45, 7) is 0. The minimum atomic E-state index is -1.09. The monoisotopic (exact) mass is 438 g/mol. The second kappa shape index (κ2) is 7.31. The van der Waals surface area contributed by atoms with Crippen molar-refractivity contribution in [3.8, 4) is 23.0 Å². The number of rotatable bonds is 4. The zero-order chi connectivity index (χ0) is 22.6. The highest BCUT2D eigenvalue weighted by molar-refractivity contribution is 5.88. The lowest BCUT2D eigenvalue weighted by molar-refractivity contribution is -0.0472. The zero-order valence-electron chi connectivity index (χ0n) is 17.3. The molecule has 9 heteroatoms. The van der Waals surface area contributed by atoms with Crippen LogP contribution in [0.3, 0.4) is 0 Å². The van der Waals surface area contributed by atoms with Crippen LogP contribution in [0, 0.1) is 0 Å². The molecule has 32 heavy (non-hydrogen) atoms. The van der Waals surface area contributed by atoms with Crippen LogP contribution in [-0.2, 0) is 4.74 Å². The number of ether oxygens (including phenoxy) is 4. The minimum absolute atomic E-state index is 0.0439. The van der Waals surface area contributed by atoms with Gasteiger partial charge >= 0.3 is 11.3 Å². The number of hydrogen-bond donors (Lipinski definition) is 1. The standard InChI is InChI=1S/C23H18O9/c1-27-10-4-6-14-12(8-10)19(24)17(21(25)30-14)16-18-20(32-23(16)29-3)13-9-11(28-2)5-7-15(13)31-22(18)26/h4-9,16,23-24H,1-3H3. The van der Waals surface area contributed by atoms with E-state index in [-0.39, 0.29) is 39.2 Å².